The molecule has 0 aromatic heterocycles. The second-order valence-corrected chi connectivity index (χ2v) is 15.7. The second-order valence-electron chi connectivity index (χ2n) is 15.7. The summed E-state index contributed by atoms with van der Waals surface area (Å²) in [6.07, 6.45) is 24.0. The molecular weight excluding hydrogens is 544 g/mol. The van der Waals surface area contributed by atoms with Crippen molar-refractivity contribution in [3.05, 3.63) is 0 Å². The van der Waals surface area contributed by atoms with E-state index in [-0.39, 0.29) is 5.60 Å². The summed E-state index contributed by atoms with van der Waals surface area (Å²) in [5.41, 5.74) is 0.0155. The van der Waals surface area contributed by atoms with E-state index in [4.69, 9.17) is 28.4 Å². The van der Waals surface area contributed by atoms with E-state index in [1.165, 1.54) is 89.9 Å². The van der Waals surface area contributed by atoms with Crippen LogP contribution in [-0.2, 0) is 28.4 Å². The SMILES string of the molecule is CC1(COC2CCC(CC3CCC(OCC(O)COC4CCC(CC5CCC(OCC6CO6)CC5)CC4)CC3)CC2)CO1. The standard InChI is InChI=1S/C36H62O7/c1-36(25-43-36)24-42-34-16-8-29(9-17-34)19-27-4-12-32(13-5-27)39-21-30(37)20-38-31-10-2-26(3-11-31)18-28-6-14-33(15-7-28)40-22-35-23-41-35/h26-35,37H,2-25H2,1H3. The van der Waals surface area contributed by atoms with Crippen molar-refractivity contribution in [2.24, 2.45) is 23.7 Å². The lowest BCUT2D eigenvalue weighted by Crippen LogP contribution is -2.32. The van der Waals surface area contributed by atoms with Crippen LogP contribution >= 0.6 is 0 Å². The van der Waals surface area contributed by atoms with Gasteiger partial charge in [0, 0.05) is 0 Å². The van der Waals surface area contributed by atoms with Crippen LogP contribution in [0.3, 0.4) is 0 Å². The smallest absolute Gasteiger partial charge is 0.112 e. The van der Waals surface area contributed by atoms with Gasteiger partial charge < -0.3 is 33.5 Å². The first-order valence-corrected chi connectivity index (χ1v) is 18.4. The lowest BCUT2D eigenvalue weighted by molar-refractivity contribution is -0.0784. The molecule has 2 aliphatic heterocycles. The maximum Gasteiger partial charge on any atom is 0.112 e. The van der Waals surface area contributed by atoms with E-state index in [9.17, 15) is 5.11 Å². The van der Waals surface area contributed by atoms with E-state index in [2.05, 4.69) is 6.92 Å². The Kier molecular flexibility index (Phi) is 12.2. The van der Waals surface area contributed by atoms with Crippen LogP contribution in [0.5, 0.6) is 0 Å². The Labute approximate surface area is 261 Å². The first kappa shape index (κ1) is 32.7. The number of ether oxygens (including phenoxy) is 6. The first-order chi connectivity index (χ1) is 21.0. The van der Waals surface area contributed by atoms with Gasteiger partial charge in [0.25, 0.3) is 0 Å². The van der Waals surface area contributed by atoms with Crippen molar-refractivity contribution >= 4 is 0 Å². The first-order valence-electron chi connectivity index (χ1n) is 18.4. The highest BCUT2D eigenvalue weighted by atomic mass is 16.6. The highest BCUT2D eigenvalue weighted by molar-refractivity contribution is 4.88. The van der Waals surface area contributed by atoms with E-state index in [1.54, 1.807) is 0 Å². The van der Waals surface area contributed by atoms with Crippen molar-refractivity contribution in [3.63, 3.8) is 0 Å². The van der Waals surface area contributed by atoms with Gasteiger partial charge in [-0.05, 0) is 146 Å². The van der Waals surface area contributed by atoms with Crippen molar-refractivity contribution in [1.29, 1.82) is 0 Å². The van der Waals surface area contributed by atoms with Gasteiger partial charge in [0.05, 0.1) is 64.1 Å². The highest BCUT2D eigenvalue weighted by Crippen LogP contribution is 2.39. The van der Waals surface area contributed by atoms with Gasteiger partial charge in [-0.15, -0.1) is 0 Å². The third-order valence-electron chi connectivity index (χ3n) is 11.7. The Morgan fingerprint density at radius 2 is 0.977 bits per heavy atom. The van der Waals surface area contributed by atoms with Crippen LogP contribution in [0.15, 0.2) is 0 Å². The maximum absolute atomic E-state index is 10.6. The maximum atomic E-state index is 10.6. The Balaban J connectivity index is 0.753. The van der Waals surface area contributed by atoms with Crippen molar-refractivity contribution in [3.8, 4) is 0 Å². The van der Waals surface area contributed by atoms with E-state index in [0.717, 1.165) is 75.8 Å². The van der Waals surface area contributed by atoms with Gasteiger partial charge in [-0.3, -0.25) is 0 Å². The average molecular weight is 607 g/mol. The Bertz CT molecular complexity index is 783. The van der Waals surface area contributed by atoms with Crippen molar-refractivity contribution in [2.45, 2.75) is 165 Å². The number of rotatable bonds is 16. The van der Waals surface area contributed by atoms with Gasteiger partial charge in [0.2, 0.25) is 0 Å². The number of epoxide rings is 2. The molecular formula is C36H62O7. The minimum atomic E-state index is -0.509. The predicted molar refractivity (Wildman–Crippen MR) is 166 cm³/mol. The zero-order valence-corrected chi connectivity index (χ0v) is 27.1. The lowest BCUT2D eigenvalue weighted by Gasteiger charge is -2.35. The molecule has 6 fully saturated rings. The van der Waals surface area contributed by atoms with Crippen LogP contribution in [0, 0.1) is 23.7 Å². The summed E-state index contributed by atoms with van der Waals surface area (Å²) in [6.45, 7) is 6.30. The summed E-state index contributed by atoms with van der Waals surface area (Å²) < 4.78 is 35.2. The molecule has 2 heterocycles. The Morgan fingerprint density at radius 3 is 1.35 bits per heavy atom. The summed E-state index contributed by atoms with van der Waals surface area (Å²) in [5.74, 6) is 3.45. The summed E-state index contributed by atoms with van der Waals surface area (Å²) in [6, 6.07) is 0. The molecule has 7 heteroatoms. The molecule has 2 saturated heterocycles. The van der Waals surface area contributed by atoms with Crippen molar-refractivity contribution in [2.75, 3.05) is 39.6 Å². The van der Waals surface area contributed by atoms with E-state index < -0.39 is 6.10 Å². The summed E-state index contributed by atoms with van der Waals surface area (Å²) in [7, 11) is 0. The molecule has 43 heavy (non-hydrogen) atoms. The monoisotopic (exact) mass is 606 g/mol. The number of hydrogen-bond acceptors (Lipinski definition) is 7. The lowest BCUT2D eigenvalue weighted by atomic mass is 9.76. The molecule has 0 radical (unpaired) electrons. The minimum absolute atomic E-state index is 0.0155. The van der Waals surface area contributed by atoms with Crippen molar-refractivity contribution < 1.29 is 33.5 Å². The third-order valence-corrected chi connectivity index (χ3v) is 11.7. The van der Waals surface area contributed by atoms with Crippen LogP contribution in [0.25, 0.3) is 0 Å². The largest absolute Gasteiger partial charge is 0.388 e. The molecule has 0 spiro atoms. The van der Waals surface area contributed by atoms with Crippen LogP contribution in [0.4, 0.5) is 0 Å². The molecule has 4 saturated carbocycles. The minimum Gasteiger partial charge on any atom is -0.388 e. The van der Waals surface area contributed by atoms with Gasteiger partial charge in [0.15, 0.2) is 0 Å². The van der Waals surface area contributed by atoms with E-state index in [1.807, 2.05) is 0 Å². The van der Waals surface area contributed by atoms with Gasteiger partial charge in [-0.2, -0.15) is 0 Å². The van der Waals surface area contributed by atoms with Crippen molar-refractivity contribution in [1.82, 2.24) is 0 Å². The average Bonchev–Trinajstić information content (AvgIpc) is 3.98. The highest BCUT2D eigenvalue weighted by Gasteiger charge is 2.40. The topological polar surface area (TPSA) is 82.2 Å². The van der Waals surface area contributed by atoms with Gasteiger partial charge in [-0.1, -0.05) is 0 Å². The molecule has 7 nitrogen and oxygen atoms in total. The summed E-state index contributed by atoms with van der Waals surface area (Å²) >= 11 is 0. The molecule has 3 atom stereocenters. The zero-order valence-electron chi connectivity index (χ0n) is 27.1. The van der Waals surface area contributed by atoms with Gasteiger partial charge in [0.1, 0.15) is 17.8 Å². The molecule has 1 N–H and O–H groups in total. The molecule has 0 bridgehead atoms. The fourth-order valence-corrected chi connectivity index (χ4v) is 8.53. The van der Waals surface area contributed by atoms with Crippen LogP contribution in [0.2, 0.25) is 0 Å². The van der Waals surface area contributed by atoms with Crippen LogP contribution in [-0.4, -0.2) is 87.0 Å². The molecule has 0 aromatic carbocycles. The molecule has 6 aliphatic rings. The Hall–Kier alpha value is -0.280. The molecule has 6 rings (SSSR count). The van der Waals surface area contributed by atoms with Crippen LogP contribution < -0.4 is 0 Å². The number of aliphatic hydroxyl groups is 1. The van der Waals surface area contributed by atoms with Gasteiger partial charge >= 0.3 is 0 Å². The summed E-state index contributed by atoms with van der Waals surface area (Å²) in [4.78, 5) is 0. The third kappa shape index (κ3) is 11.2. The summed E-state index contributed by atoms with van der Waals surface area (Å²) in [5, 5.41) is 10.6. The molecule has 0 amide bonds. The Morgan fingerprint density at radius 1 is 0.605 bits per heavy atom. The van der Waals surface area contributed by atoms with E-state index in [0.29, 0.717) is 43.7 Å². The molecule has 4 aliphatic carbocycles. The number of aliphatic hydroxyl groups excluding tert-OH is 1. The molecule has 3 unspecified atom stereocenters. The fraction of sp³-hybridized carbons (Fsp3) is 1.00. The normalized spacial score (nSPS) is 42.4. The van der Waals surface area contributed by atoms with Gasteiger partial charge in [-0.25, -0.2) is 0 Å². The zero-order chi connectivity index (χ0) is 29.5. The molecule has 0 aromatic rings. The predicted octanol–water partition coefficient (Wildman–Crippen LogP) is 6.62. The van der Waals surface area contributed by atoms with Crippen LogP contribution in [0.1, 0.15) is 122 Å². The molecule has 248 valence electrons. The fourth-order valence-electron chi connectivity index (χ4n) is 8.53. The number of hydrogen-bond donors (Lipinski definition) is 1. The second kappa shape index (κ2) is 16.0. The quantitative estimate of drug-likeness (QED) is 0.198. The van der Waals surface area contributed by atoms with E-state index >= 15 is 0 Å².